The highest BCUT2D eigenvalue weighted by Crippen LogP contribution is 2.43. The van der Waals surface area contributed by atoms with Crippen molar-refractivity contribution >= 4 is 23.6 Å². The molecule has 0 radical (unpaired) electrons. The van der Waals surface area contributed by atoms with Crippen LogP contribution in [0.4, 0.5) is 4.39 Å². The van der Waals surface area contributed by atoms with Gasteiger partial charge in [0.15, 0.2) is 0 Å². The van der Waals surface area contributed by atoms with E-state index in [1.54, 1.807) is 24.1 Å². The predicted octanol–water partition coefficient (Wildman–Crippen LogP) is 2.89. The lowest BCUT2D eigenvalue weighted by Crippen LogP contribution is -2.41. The highest BCUT2D eigenvalue weighted by atomic mass is 32.2. The van der Waals surface area contributed by atoms with Crippen LogP contribution in [-0.4, -0.2) is 29.5 Å². The molecule has 4 nitrogen and oxygen atoms in total. The Balaban J connectivity index is 2.02. The van der Waals surface area contributed by atoms with Crippen LogP contribution in [0.25, 0.3) is 0 Å². The van der Waals surface area contributed by atoms with Gasteiger partial charge in [-0.25, -0.2) is 4.39 Å². The number of amides is 2. The van der Waals surface area contributed by atoms with Gasteiger partial charge in [0.2, 0.25) is 11.8 Å². The zero-order valence-corrected chi connectivity index (χ0v) is 13.9. The standard InChI is InChI=1S/C18H17FN2O2S/c1-20-17(23)16(12-5-3-2-4-6-12)21-15(22)11-24-18(21)13-7-9-14(19)10-8-13/h2-10,16,18H,11H2,1H3,(H,20,23). The van der Waals surface area contributed by atoms with Gasteiger partial charge in [-0.3, -0.25) is 9.59 Å². The van der Waals surface area contributed by atoms with Crippen molar-refractivity contribution in [3.63, 3.8) is 0 Å². The molecule has 3 rings (SSSR count). The number of carbonyl (C=O) groups is 2. The summed E-state index contributed by atoms with van der Waals surface area (Å²) in [5.74, 6) is -0.385. The van der Waals surface area contributed by atoms with E-state index in [0.29, 0.717) is 5.75 Å². The second-order valence-electron chi connectivity index (χ2n) is 5.44. The van der Waals surface area contributed by atoms with E-state index in [2.05, 4.69) is 5.32 Å². The van der Waals surface area contributed by atoms with Crippen molar-refractivity contribution in [1.82, 2.24) is 10.2 Å². The number of hydrogen-bond donors (Lipinski definition) is 1. The average molecular weight is 344 g/mol. The van der Waals surface area contributed by atoms with Gasteiger partial charge < -0.3 is 10.2 Å². The van der Waals surface area contributed by atoms with Gasteiger partial charge in [-0.15, -0.1) is 11.8 Å². The molecule has 1 N–H and O–H groups in total. The largest absolute Gasteiger partial charge is 0.357 e. The van der Waals surface area contributed by atoms with E-state index in [4.69, 9.17) is 0 Å². The molecule has 2 aromatic rings. The molecule has 2 amide bonds. The van der Waals surface area contributed by atoms with Crippen LogP contribution in [0.3, 0.4) is 0 Å². The average Bonchev–Trinajstić information content (AvgIpc) is 2.98. The summed E-state index contributed by atoms with van der Waals surface area (Å²) >= 11 is 1.44. The lowest BCUT2D eigenvalue weighted by molar-refractivity contribution is -0.138. The van der Waals surface area contributed by atoms with Gasteiger partial charge in [-0.2, -0.15) is 0 Å². The summed E-state index contributed by atoms with van der Waals surface area (Å²) in [5.41, 5.74) is 1.55. The minimum Gasteiger partial charge on any atom is -0.357 e. The molecular formula is C18H17FN2O2S. The summed E-state index contributed by atoms with van der Waals surface area (Å²) in [4.78, 5) is 26.6. The van der Waals surface area contributed by atoms with Gasteiger partial charge in [-0.1, -0.05) is 42.5 Å². The third-order valence-electron chi connectivity index (χ3n) is 3.95. The van der Waals surface area contributed by atoms with Crippen LogP contribution in [-0.2, 0) is 9.59 Å². The fourth-order valence-corrected chi connectivity index (χ4v) is 4.01. The third-order valence-corrected chi connectivity index (χ3v) is 5.18. The van der Waals surface area contributed by atoms with E-state index in [0.717, 1.165) is 11.1 Å². The number of rotatable bonds is 4. The van der Waals surface area contributed by atoms with Gasteiger partial charge in [-0.05, 0) is 23.3 Å². The van der Waals surface area contributed by atoms with E-state index < -0.39 is 6.04 Å². The van der Waals surface area contributed by atoms with E-state index in [1.807, 2.05) is 30.3 Å². The molecule has 1 fully saturated rings. The molecule has 24 heavy (non-hydrogen) atoms. The predicted molar refractivity (Wildman–Crippen MR) is 91.7 cm³/mol. The molecule has 0 aromatic heterocycles. The molecule has 6 heteroatoms. The number of halogens is 1. The normalized spacial score (nSPS) is 18.5. The Labute approximate surface area is 144 Å². The number of hydrogen-bond acceptors (Lipinski definition) is 3. The number of benzene rings is 2. The maximum absolute atomic E-state index is 13.2. The number of likely N-dealkylation sites (N-methyl/N-ethyl adjacent to an activating group) is 1. The topological polar surface area (TPSA) is 49.4 Å². The highest BCUT2D eigenvalue weighted by molar-refractivity contribution is 8.00. The van der Waals surface area contributed by atoms with Crippen LogP contribution in [0, 0.1) is 5.82 Å². The van der Waals surface area contributed by atoms with Crippen molar-refractivity contribution in [2.45, 2.75) is 11.4 Å². The number of nitrogens with zero attached hydrogens (tertiary/aromatic N) is 1. The van der Waals surface area contributed by atoms with Gasteiger partial charge in [0.05, 0.1) is 5.75 Å². The van der Waals surface area contributed by atoms with Crippen molar-refractivity contribution in [1.29, 1.82) is 0 Å². The molecule has 124 valence electrons. The number of thioether (sulfide) groups is 1. The maximum atomic E-state index is 13.2. The monoisotopic (exact) mass is 344 g/mol. The quantitative estimate of drug-likeness (QED) is 0.928. The minimum atomic E-state index is -0.714. The Hall–Kier alpha value is -2.34. The van der Waals surface area contributed by atoms with Crippen LogP contribution < -0.4 is 5.32 Å². The Kier molecular flexibility index (Phi) is 4.85. The molecule has 0 aliphatic carbocycles. The minimum absolute atomic E-state index is 0.105. The maximum Gasteiger partial charge on any atom is 0.247 e. The molecule has 0 saturated carbocycles. The lowest BCUT2D eigenvalue weighted by atomic mass is 10.0. The molecule has 1 heterocycles. The smallest absolute Gasteiger partial charge is 0.247 e. The Morgan fingerprint density at radius 3 is 2.50 bits per heavy atom. The molecule has 2 atom stereocenters. The third kappa shape index (κ3) is 3.14. The Morgan fingerprint density at radius 1 is 1.21 bits per heavy atom. The summed E-state index contributed by atoms with van der Waals surface area (Å²) in [7, 11) is 1.55. The fraction of sp³-hybridized carbons (Fsp3) is 0.222. The van der Waals surface area contributed by atoms with Crippen molar-refractivity contribution in [3.05, 3.63) is 71.5 Å². The number of nitrogens with one attached hydrogen (secondary N) is 1. The van der Waals surface area contributed by atoms with Crippen LogP contribution in [0.5, 0.6) is 0 Å². The van der Waals surface area contributed by atoms with Crippen LogP contribution in [0.2, 0.25) is 0 Å². The fourth-order valence-electron chi connectivity index (χ4n) is 2.81. The molecule has 0 bridgehead atoms. The van der Waals surface area contributed by atoms with Gasteiger partial charge >= 0.3 is 0 Å². The summed E-state index contributed by atoms with van der Waals surface area (Å²) in [6.45, 7) is 0. The van der Waals surface area contributed by atoms with Crippen molar-refractivity contribution in [2.75, 3.05) is 12.8 Å². The zero-order valence-electron chi connectivity index (χ0n) is 13.1. The number of carbonyl (C=O) groups excluding carboxylic acids is 2. The zero-order chi connectivity index (χ0) is 17.1. The first kappa shape index (κ1) is 16.5. The van der Waals surface area contributed by atoms with Crippen LogP contribution in [0.1, 0.15) is 22.5 Å². The van der Waals surface area contributed by atoms with Gasteiger partial charge in [0, 0.05) is 7.05 Å². The van der Waals surface area contributed by atoms with E-state index in [9.17, 15) is 14.0 Å². The lowest BCUT2D eigenvalue weighted by Gasteiger charge is -2.32. The van der Waals surface area contributed by atoms with Gasteiger partial charge in [0.25, 0.3) is 0 Å². The van der Waals surface area contributed by atoms with Crippen molar-refractivity contribution in [3.8, 4) is 0 Å². The van der Waals surface area contributed by atoms with E-state index >= 15 is 0 Å². The van der Waals surface area contributed by atoms with E-state index in [1.165, 1.54) is 23.9 Å². The Bertz CT molecular complexity index is 736. The molecule has 1 aliphatic rings. The van der Waals surface area contributed by atoms with Crippen molar-refractivity contribution in [2.24, 2.45) is 0 Å². The second kappa shape index (κ2) is 7.05. The summed E-state index contributed by atoms with van der Waals surface area (Å²) in [6, 6.07) is 14.5. The first-order valence-corrected chi connectivity index (χ1v) is 8.61. The molecule has 1 aliphatic heterocycles. The summed E-state index contributed by atoms with van der Waals surface area (Å²) in [6.07, 6.45) is 0. The SMILES string of the molecule is CNC(=O)C(c1ccccc1)N1C(=O)CSC1c1ccc(F)cc1. The second-order valence-corrected chi connectivity index (χ2v) is 6.51. The first-order valence-electron chi connectivity index (χ1n) is 7.56. The first-order chi connectivity index (χ1) is 11.6. The highest BCUT2D eigenvalue weighted by Gasteiger charge is 2.41. The molecule has 2 unspecified atom stereocenters. The van der Waals surface area contributed by atoms with Crippen LogP contribution >= 0.6 is 11.8 Å². The van der Waals surface area contributed by atoms with E-state index in [-0.39, 0.29) is 23.0 Å². The van der Waals surface area contributed by atoms with Gasteiger partial charge in [0.1, 0.15) is 17.2 Å². The molecular weight excluding hydrogens is 327 g/mol. The molecule has 2 aromatic carbocycles. The summed E-state index contributed by atoms with van der Waals surface area (Å²) in [5, 5.41) is 2.32. The molecule has 0 spiro atoms. The van der Waals surface area contributed by atoms with Crippen molar-refractivity contribution < 1.29 is 14.0 Å². The van der Waals surface area contributed by atoms with Crippen LogP contribution in [0.15, 0.2) is 54.6 Å². The Morgan fingerprint density at radius 2 is 1.88 bits per heavy atom. The molecule has 1 saturated heterocycles. The summed E-state index contributed by atoms with van der Waals surface area (Å²) < 4.78 is 13.2.